The van der Waals surface area contributed by atoms with Gasteiger partial charge in [-0.3, -0.25) is 14.4 Å². The Morgan fingerprint density at radius 3 is 2.61 bits per heavy atom. The molecule has 0 radical (unpaired) electrons. The van der Waals surface area contributed by atoms with E-state index < -0.39 is 11.6 Å². The van der Waals surface area contributed by atoms with Crippen molar-refractivity contribution in [3.05, 3.63) is 17.7 Å². The number of imidazole rings is 1. The number of likely N-dealkylation sites (tertiary alicyclic amines) is 2. The number of carbonyl (C=O) groups excluding carboxylic acids is 3. The maximum atomic E-state index is 13.0. The molecule has 2 fully saturated rings. The molecule has 0 aromatic carbocycles. The number of hydrogen-bond donors (Lipinski definition) is 1. The number of piperidine rings is 1. The lowest BCUT2D eigenvalue weighted by atomic mass is 9.78. The Labute approximate surface area is 165 Å². The van der Waals surface area contributed by atoms with E-state index in [1.54, 1.807) is 11.2 Å². The lowest BCUT2D eigenvalue weighted by Gasteiger charge is -2.50. The summed E-state index contributed by atoms with van der Waals surface area (Å²) in [5.41, 5.74) is 1.65. The normalized spacial score (nSPS) is 22.5. The number of nitrogens with one attached hydrogen (secondary N) is 1. The molecule has 1 spiro atoms. The van der Waals surface area contributed by atoms with E-state index in [1.165, 1.54) is 0 Å². The molecule has 0 bridgehead atoms. The van der Waals surface area contributed by atoms with Crippen molar-refractivity contribution in [2.24, 2.45) is 0 Å². The standard InChI is InChI=1S/C20H29N5O3/c1-3-16(26)25-10-6-15-18(22-13-21-15)20(25)7-11-23(12-8-20)19(28)14(2)24-9-4-5-17(24)27/h13-14H,3-12H2,1-2H3,(H,21,22)/t14-/m0/s1. The second kappa shape index (κ2) is 7.22. The molecule has 3 amide bonds. The summed E-state index contributed by atoms with van der Waals surface area (Å²) >= 11 is 0. The molecule has 3 aliphatic rings. The van der Waals surface area contributed by atoms with Crippen molar-refractivity contribution < 1.29 is 14.4 Å². The summed E-state index contributed by atoms with van der Waals surface area (Å²) in [6.07, 6.45) is 5.71. The number of aromatic amines is 1. The van der Waals surface area contributed by atoms with Gasteiger partial charge < -0.3 is 19.7 Å². The van der Waals surface area contributed by atoms with Crippen LogP contribution in [0.2, 0.25) is 0 Å². The summed E-state index contributed by atoms with van der Waals surface area (Å²) in [6, 6.07) is -0.412. The number of H-pyrrole nitrogens is 1. The van der Waals surface area contributed by atoms with Crippen LogP contribution >= 0.6 is 0 Å². The highest BCUT2D eigenvalue weighted by atomic mass is 16.2. The van der Waals surface area contributed by atoms with Gasteiger partial charge in [0.2, 0.25) is 17.7 Å². The second-order valence-corrected chi connectivity index (χ2v) is 8.10. The van der Waals surface area contributed by atoms with E-state index in [0.717, 1.165) is 24.2 Å². The number of rotatable bonds is 3. The fraction of sp³-hybridized carbons (Fsp3) is 0.700. The van der Waals surface area contributed by atoms with Gasteiger partial charge in [0.05, 0.1) is 17.6 Å². The highest BCUT2D eigenvalue weighted by Gasteiger charge is 2.49. The van der Waals surface area contributed by atoms with Crippen molar-refractivity contribution >= 4 is 17.7 Å². The predicted molar refractivity (Wildman–Crippen MR) is 102 cm³/mol. The number of nitrogens with zero attached hydrogens (tertiary/aromatic N) is 4. The SMILES string of the molecule is CCC(=O)N1CCc2[nH]cnc2C12CCN(C(=O)[C@H](C)N1CCCC1=O)CC2. The van der Waals surface area contributed by atoms with Crippen LogP contribution in [-0.2, 0) is 26.3 Å². The first-order valence-corrected chi connectivity index (χ1v) is 10.4. The Balaban J connectivity index is 1.52. The first kappa shape index (κ1) is 19.0. The van der Waals surface area contributed by atoms with Crippen molar-refractivity contribution in [1.29, 1.82) is 0 Å². The van der Waals surface area contributed by atoms with E-state index in [9.17, 15) is 14.4 Å². The van der Waals surface area contributed by atoms with Crippen LogP contribution in [-0.4, -0.2) is 74.6 Å². The van der Waals surface area contributed by atoms with Crippen LogP contribution in [0.15, 0.2) is 6.33 Å². The monoisotopic (exact) mass is 387 g/mol. The van der Waals surface area contributed by atoms with Gasteiger partial charge in [-0.05, 0) is 26.2 Å². The maximum absolute atomic E-state index is 13.0. The largest absolute Gasteiger partial charge is 0.348 e. The van der Waals surface area contributed by atoms with Crippen molar-refractivity contribution in [3.8, 4) is 0 Å². The topological polar surface area (TPSA) is 89.6 Å². The molecule has 4 rings (SSSR count). The van der Waals surface area contributed by atoms with E-state index in [-0.39, 0.29) is 17.7 Å². The van der Waals surface area contributed by atoms with Gasteiger partial charge in [-0.1, -0.05) is 6.92 Å². The molecule has 1 aromatic heterocycles. The van der Waals surface area contributed by atoms with Crippen LogP contribution in [0, 0.1) is 0 Å². The molecule has 4 heterocycles. The van der Waals surface area contributed by atoms with E-state index >= 15 is 0 Å². The molecule has 0 saturated carbocycles. The van der Waals surface area contributed by atoms with Crippen molar-refractivity contribution in [3.63, 3.8) is 0 Å². The summed E-state index contributed by atoms with van der Waals surface area (Å²) in [4.78, 5) is 51.0. The minimum atomic E-state index is -0.426. The van der Waals surface area contributed by atoms with Gasteiger partial charge in [-0.25, -0.2) is 4.98 Å². The first-order chi connectivity index (χ1) is 13.5. The summed E-state index contributed by atoms with van der Waals surface area (Å²) < 4.78 is 0. The van der Waals surface area contributed by atoms with E-state index in [4.69, 9.17) is 0 Å². The highest BCUT2D eigenvalue weighted by Crippen LogP contribution is 2.42. The molecule has 1 atom stereocenters. The summed E-state index contributed by atoms with van der Waals surface area (Å²) in [5, 5.41) is 0. The quantitative estimate of drug-likeness (QED) is 0.839. The van der Waals surface area contributed by atoms with Gasteiger partial charge in [-0.2, -0.15) is 0 Å². The molecule has 2 saturated heterocycles. The van der Waals surface area contributed by atoms with Crippen molar-refractivity contribution in [2.75, 3.05) is 26.2 Å². The minimum Gasteiger partial charge on any atom is -0.348 e. The van der Waals surface area contributed by atoms with Crippen LogP contribution in [0.5, 0.6) is 0 Å². The van der Waals surface area contributed by atoms with Crippen LogP contribution < -0.4 is 0 Å². The fourth-order valence-corrected chi connectivity index (χ4v) is 5.11. The molecular formula is C20H29N5O3. The van der Waals surface area contributed by atoms with Crippen LogP contribution in [0.4, 0.5) is 0 Å². The summed E-state index contributed by atoms with van der Waals surface area (Å²) in [6.45, 7) is 6.22. The predicted octanol–water partition coefficient (Wildman–Crippen LogP) is 1.03. The van der Waals surface area contributed by atoms with Gasteiger partial charge in [-0.15, -0.1) is 0 Å². The average molecular weight is 387 g/mol. The number of fused-ring (bicyclic) bond motifs is 2. The third kappa shape index (κ3) is 2.89. The third-order valence-electron chi connectivity index (χ3n) is 6.70. The molecule has 8 nitrogen and oxygen atoms in total. The van der Waals surface area contributed by atoms with Gasteiger partial charge in [0.1, 0.15) is 6.04 Å². The number of hydrogen-bond acceptors (Lipinski definition) is 4. The van der Waals surface area contributed by atoms with Crippen LogP contribution in [0.3, 0.4) is 0 Å². The number of amides is 3. The number of aromatic nitrogens is 2. The Morgan fingerprint density at radius 1 is 1.21 bits per heavy atom. The Hall–Kier alpha value is -2.38. The summed E-state index contributed by atoms with van der Waals surface area (Å²) in [5.74, 6) is 0.225. The second-order valence-electron chi connectivity index (χ2n) is 8.10. The molecule has 8 heteroatoms. The first-order valence-electron chi connectivity index (χ1n) is 10.4. The van der Waals surface area contributed by atoms with Gasteiger partial charge in [0.25, 0.3) is 0 Å². The van der Waals surface area contributed by atoms with Crippen molar-refractivity contribution in [2.45, 2.75) is 64.0 Å². The molecule has 1 aromatic rings. The summed E-state index contributed by atoms with van der Waals surface area (Å²) in [7, 11) is 0. The van der Waals surface area contributed by atoms with Gasteiger partial charge >= 0.3 is 0 Å². The molecule has 28 heavy (non-hydrogen) atoms. The third-order valence-corrected chi connectivity index (χ3v) is 6.70. The zero-order chi connectivity index (χ0) is 19.9. The smallest absolute Gasteiger partial charge is 0.245 e. The molecule has 0 aliphatic carbocycles. The Morgan fingerprint density at radius 2 is 1.96 bits per heavy atom. The average Bonchev–Trinajstić information content (AvgIpc) is 3.36. The van der Waals surface area contributed by atoms with Gasteiger partial charge in [0, 0.05) is 51.1 Å². The van der Waals surface area contributed by atoms with Crippen molar-refractivity contribution in [1.82, 2.24) is 24.7 Å². The Kier molecular flexibility index (Phi) is 4.89. The molecule has 152 valence electrons. The zero-order valence-electron chi connectivity index (χ0n) is 16.7. The molecule has 0 unspecified atom stereocenters. The molecule has 3 aliphatic heterocycles. The number of carbonyl (C=O) groups is 3. The maximum Gasteiger partial charge on any atom is 0.245 e. The lowest BCUT2D eigenvalue weighted by molar-refractivity contribution is -0.148. The minimum absolute atomic E-state index is 0.0107. The fourth-order valence-electron chi connectivity index (χ4n) is 5.11. The van der Waals surface area contributed by atoms with E-state index in [0.29, 0.717) is 51.9 Å². The molecular weight excluding hydrogens is 358 g/mol. The van der Waals surface area contributed by atoms with Gasteiger partial charge in [0.15, 0.2) is 0 Å². The Bertz CT molecular complexity index is 781. The van der Waals surface area contributed by atoms with E-state index in [2.05, 4.69) is 9.97 Å². The highest BCUT2D eigenvalue weighted by molar-refractivity contribution is 5.88. The van der Waals surface area contributed by atoms with E-state index in [1.807, 2.05) is 23.6 Å². The zero-order valence-corrected chi connectivity index (χ0v) is 16.7. The van der Waals surface area contributed by atoms with Crippen LogP contribution in [0.25, 0.3) is 0 Å². The van der Waals surface area contributed by atoms with Crippen LogP contribution in [0.1, 0.15) is 57.3 Å². The lowest BCUT2D eigenvalue weighted by Crippen LogP contribution is -2.60. The molecule has 1 N–H and O–H groups in total.